The van der Waals surface area contributed by atoms with Crippen LogP contribution in [0.2, 0.25) is 0 Å². The quantitative estimate of drug-likeness (QED) is 0.710. The second-order valence-corrected chi connectivity index (χ2v) is 4.36. The molecule has 0 aromatic heterocycles. The van der Waals surface area contributed by atoms with Crippen LogP contribution in [-0.2, 0) is 4.74 Å². The summed E-state index contributed by atoms with van der Waals surface area (Å²) in [5, 5.41) is 18.1. The van der Waals surface area contributed by atoms with Gasteiger partial charge in [0.15, 0.2) is 0 Å². The van der Waals surface area contributed by atoms with Gasteiger partial charge >= 0.3 is 7.12 Å². The van der Waals surface area contributed by atoms with Gasteiger partial charge in [0.25, 0.3) is 0 Å². The van der Waals surface area contributed by atoms with E-state index >= 15 is 0 Å². The second kappa shape index (κ2) is 5.64. The Hall–Kier alpha value is -0.875. The zero-order valence-electron chi connectivity index (χ0n) is 10.0. The largest absolute Gasteiger partial charge is 0.488 e. The number of morpholine rings is 1. The summed E-state index contributed by atoms with van der Waals surface area (Å²) in [5.74, 6) is 0. The molecular formula is C12H18BNO3. The Morgan fingerprint density at radius 3 is 2.29 bits per heavy atom. The molecule has 0 unspecified atom stereocenters. The molecule has 0 bridgehead atoms. The van der Waals surface area contributed by atoms with E-state index in [2.05, 4.69) is 11.8 Å². The second-order valence-electron chi connectivity index (χ2n) is 4.36. The predicted octanol–water partition coefficient (Wildman–Crippen LogP) is -0.240. The van der Waals surface area contributed by atoms with Crippen LogP contribution in [0.1, 0.15) is 18.5 Å². The van der Waals surface area contributed by atoms with E-state index in [1.54, 1.807) is 12.1 Å². The minimum absolute atomic E-state index is 0.337. The lowest BCUT2D eigenvalue weighted by molar-refractivity contribution is 0.0198. The summed E-state index contributed by atoms with van der Waals surface area (Å²) < 4.78 is 5.33. The van der Waals surface area contributed by atoms with Crippen molar-refractivity contribution in [2.24, 2.45) is 0 Å². The normalized spacial score (nSPS) is 19.0. The molecule has 17 heavy (non-hydrogen) atoms. The third kappa shape index (κ3) is 3.07. The highest BCUT2D eigenvalue weighted by Crippen LogP contribution is 2.20. The van der Waals surface area contributed by atoms with Crippen LogP contribution in [0.5, 0.6) is 0 Å². The summed E-state index contributed by atoms with van der Waals surface area (Å²) in [5.41, 5.74) is 1.72. The van der Waals surface area contributed by atoms with Crippen LogP contribution >= 0.6 is 0 Å². The molecule has 1 saturated heterocycles. The van der Waals surface area contributed by atoms with Crippen molar-refractivity contribution in [3.05, 3.63) is 29.8 Å². The van der Waals surface area contributed by atoms with Gasteiger partial charge in [-0.25, -0.2) is 0 Å². The lowest BCUT2D eigenvalue weighted by Gasteiger charge is -2.32. The highest BCUT2D eigenvalue weighted by atomic mass is 16.5. The average Bonchev–Trinajstić information content (AvgIpc) is 2.39. The van der Waals surface area contributed by atoms with Gasteiger partial charge in [0, 0.05) is 19.1 Å². The molecular weight excluding hydrogens is 217 g/mol. The zero-order valence-corrected chi connectivity index (χ0v) is 10.0. The fraction of sp³-hybridized carbons (Fsp3) is 0.500. The van der Waals surface area contributed by atoms with E-state index in [1.165, 1.54) is 5.56 Å². The molecule has 0 aliphatic carbocycles. The molecule has 5 heteroatoms. The van der Waals surface area contributed by atoms with Crippen LogP contribution in [0.25, 0.3) is 0 Å². The Labute approximate surface area is 102 Å². The molecule has 1 aromatic rings. The first-order chi connectivity index (χ1) is 8.18. The van der Waals surface area contributed by atoms with Crippen molar-refractivity contribution < 1.29 is 14.8 Å². The van der Waals surface area contributed by atoms with Gasteiger partial charge in [-0.15, -0.1) is 0 Å². The first kappa shape index (κ1) is 12.6. The van der Waals surface area contributed by atoms with Crippen molar-refractivity contribution in [3.8, 4) is 0 Å². The van der Waals surface area contributed by atoms with Crippen LogP contribution in [-0.4, -0.2) is 48.4 Å². The van der Waals surface area contributed by atoms with Crippen molar-refractivity contribution >= 4 is 12.6 Å². The van der Waals surface area contributed by atoms with Crippen LogP contribution in [0, 0.1) is 0 Å². The zero-order chi connectivity index (χ0) is 12.3. The van der Waals surface area contributed by atoms with E-state index in [9.17, 15) is 0 Å². The third-order valence-electron chi connectivity index (χ3n) is 3.31. The fourth-order valence-electron chi connectivity index (χ4n) is 2.12. The molecule has 1 atom stereocenters. The van der Waals surface area contributed by atoms with E-state index < -0.39 is 7.12 Å². The van der Waals surface area contributed by atoms with Crippen LogP contribution in [0.15, 0.2) is 24.3 Å². The first-order valence-electron chi connectivity index (χ1n) is 5.96. The molecule has 2 N–H and O–H groups in total. The van der Waals surface area contributed by atoms with E-state index in [0.29, 0.717) is 11.5 Å². The summed E-state index contributed by atoms with van der Waals surface area (Å²) in [6.07, 6.45) is 0. The van der Waals surface area contributed by atoms with Crippen LogP contribution in [0.3, 0.4) is 0 Å². The molecule has 1 aliphatic rings. The Morgan fingerprint density at radius 2 is 1.76 bits per heavy atom. The molecule has 4 nitrogen and oxygen atoms in total. The lowest BCUT2D eigenvalue weighted by Crippen LogP contribution is -2.38. The maximum absolute atomic E-state index is 9.03. The highest BCUT2D eigenvalue weighted by molar-refractivity contribution is 6.58. The summed E-state index contributed by atoms with van der Waals surface area (Å²) in [4.78, 5) is 2.37. The molecule has 1 heterocycles. The number of ether oxygens (including phenoxy) is 1. The lowest BCUT2D eigenvalue weighted by atomic mass is 9.80. The molecule has 1 aliphatic heterocycles. The predicted molar refractivity (Wildman–Crippen MR) is 67.1 cm³/mol. The standard InChI is InChI=1S/C12H18BNO3/c1-10(14-6-8-17-9-7-14)11-2-4-12(5-3-11)13(15)16/h2-5,10,15-16H,6-9H2,1H3/t10-/m1/s1. The highest BCUT2D eigenvalue weighted by Gasteiger charge is 2.19. The van der Waals surface area contributed by atoms with Crippen LogP contribution in [0.4, 0.5) is 0 Å². The summed E-state index contributed by atoms with van der Waals surface area (Å²) >= 11 is 0. The Kier molecular flexibility index (Phi) is 4.18. The third-order valence-corrected chi connectivity index (χ3v) is 3.31. The van der Waals surface area contributed by atoms with Gasteiger partial charge in [0.05, 0.1) is 13.2 Å². The van der Waals surface area contributed by atoms with Gasteiger partial charge in [0.1, 0.15) is 0 Å². The topological polar surface area (TPSA) is 52.9 Å². The van der Waals surface area contributed by atoms with E-state index in [0.717, 1.165) is 26.3 Å². The number of hydrogen-bond acceptors (Lipinski definition) is 4. The van der Waals surface area contributed by atoms with E-state index in [4.69, 9.17) is 14.8 Å². The summed E-state index contributed by atoms with van der Waals surface area (Å²) in [6, 6.07) is 7.77. The Balaban J connectivity index is 2.05. The monoisotopic (exact) mass is 235 g/mol. The van der Waals surface area contributed by atoms with Crippen molar-refractivity contribution in [1.82, 2.24) is 4.90 Å². The average molecular weight is 235 g/mol. The van der Waals surface area contributed by atoms with Gasteiger partial charge in [-0.3, -0.25) is 4.90 Å². The van der Waals surface area contributed by atoms with Crippen molar-refractivity contribution in [1.29, 1.82) is 0 Å². The minimum atomic E-state index is -1.39. The van der Waals surface area contributed by atoms with E-state index in [1.807, 2.05) is 12.1 Å². The van der Waals surface area contributed by atoms with Gasteiger partial charge in [-0.1, -0.05) is 24.3 Å². The smallest absolute Gasteiger partial charge is 0.423 e. The molecule has 0 amide bonds. The molecule has 1 aromatic carbocycles. The molecule has 0 spiro atoms. The molecule has 0 radical (unpaired) electrons. The molecule has 0 saturated carbocycles. The number of nitrogens with zero attached hydrogens (tertiary/aromatic N) is 1. The Morgan fingerprint density at radius 1 is 1.18 bits per heavy atom. The van der Waals surface area contributed by atoms with Gasteiger partial charge in [0.2, 0.25) is 0 Å². The van der Waals surface area contributed by atoms with Gasteiger partial charge in [-0.05, 0) is 17.9 Å². The molecule has 92 valence electrons. The maximum Gasteiger partial charge on any atom is 0.488 e. The fourth-order valence-corrected chi connectivity index (χ4v) is 2.12. The minimum Gasteiger partial charge on any atom is -0.423 e. The van der Waals surface area contributed by atoms with Gasteiger partial charge < -0.3 is 14.8 Å². The number of rotatable bonds is 3. The first-order valence-corrected chi connectivity index (χ1v) is 5.96. The van der Waals surface area contributed by atoms with Crippen molar-refractivity contribution in [2.75, 3.05) is 26.3 Å². The number of hydrogen-bond donors (Lipinski definition) is 2. The summed E-state index contributed by atoms with van der Waals surface area (Å²) in [6.45, 7) is 5.64. The molecule has 1 fully saturated rings. The van der Waals surface area contributed by atoms with E-state index in [-0.39, 0.29) is 0 Å². The summed E-state index contributed by atoms with van der Waals surface area (Å²) in [7, 11) is -1.39. The molecule has 2 rings (SSSR count). The maximum atomic E-state index is 9.03. The van der Waals surface area contributed by atoms with Crippen LogP contribution < -0.4 is 5.46 Å². The Bertz CT molecular complexity index is 349. The van der Waals surface area contributed by atoms with Gasteiger partial charge in [-0.2, -0.15) is 0 Å². The van der Waals surface area contributed by atoms with Crippen molar-refractivity contribution in [2.45, 2.75) is 13.0 Å². The number of benzene rings is 1. The van der Waals surface area contributed by atoms with Crippen molar-refractivity contribution in [3.63, 3.8) is 0 Å². The SMILES string of the molecule is C[C@H](c1ccc(B(O)O)cc1)N1CCOCC1.